The number of carbonyl (C=O) groups is 1. The highest BCUT2D eigenvalue weighted by atomic mass is 35.5. The molecule has 92 valence electrons. The molecule has 5 nitrogen and oxygen atoms in total. The molecule has 7 heteroatoms. The zero-order chi connectivity index (χ0) is 13.0. The Balaban J connectivity index is 2.01. The minimum atomic E-state index is -0.403. The molecule has 0 spiro atoms. The number of hydrogen-bond donors (Lipinski definition) is 2. The second kappa shape index (κ2) is 5.66. The van der Waals surface area contributed by atoms with Crippen molar-refractivity contribution in [1.29, 1.82) is 0 Å². The summed E-state index contributed by atoms with van der Waals surface area (Å²) >= 11 is 11.4. The van der Waals surface area contributed by atoms with Gasteiger partial charge in [0, 0.05) is 23.8 Å². The van der Waals surface area contributed by atoms with Crippen LogP contribution in [0.5, 0.6) is 0 Å². The van der Waals surface area contributed by atoms with Crippen LogP contribution in [0.3, 0.4) is 0 Å². The molecule has 0 aliphatic carbocycles. The number of urea groups is 1. The number of anilines is 2. The Hall–Kier alpha value is -1.85. The normalized spacial score (nSPS) is 9.89. The fourth-order valence-electron chi connectivity index (χ4n) is 1.25. The molecule has 0 aliphatic heterocycles. The summed E-state index contributed by atoms with van der Waals surface area (Å²) in [6.07, 6.45) is 3.00. The van der Waals surface area contributed by atoms with E-state index in [1.807, 2.05) is 0 Å². The quantitative estimate of drug-likeness (QED) is 0.830. The van der Waals surface area contributed by atoms with E-state index in [-0.39, 0.29) is 0 Å². The summed E-state index contributed by atoms with van der Waals surface area (Å²) < 4.78 is 0. The van der Waals surface area contributed by atoms with Gasteiger partial charge in [0.1, 0.15) is 10.3 Å². The molecule has 2 aromatic rings. The number of halogens is 2. The molecule has 0 fully saturated rings. The predicted molar refractivity (Wildman–Crippen MR) is 71.1 cm³/mol. The molecular formula is C11H8Cl2N4O. The van der Waals surface area contributed by atoms with E-state index in [2.05, 4.69) is 20.6 Å². The summed E-state index contributed by atoms with van der Waals surface area (Å²) in [4.78, 5) is 19.3. The SMILES string of the molecule is O=C(Nc1ccnc(Cl)c1)Nc1ccnc(Cl)c1. The number of nitrogens with one attached hydrogen (secondary N) is 2. The Morgan fingerprint density at radius 1 is 0.944 bits per heavy atom. The number of rotatable bonds is 2. The maximum atomic E-state index is 11.7. The van der Waals surface area contributed by atoms with Crippen LogP contribution in [-0.4, -0.2) is 16.0 Å². The number of aromatic nitrogens is 2. The Kier molecular flexibility index (Phi) is 3.96. The van der Waals surface area contributed by atoms with Crippen LogP contribution in [0.1, 0.15) is 0 Å². The molecule has 0 saturated heterocycles. The largest absolute Gasteiger partial charge is 0.323 e. The topological polar surface area (TPSA) is 66.9 Å². The van der Waals surface area contributed by atoms with Crippen LogP contribution in [0.25, 0.3) is 0 Å². The van der Waals surface area contributed by atoms with Gasteiger partial charge in [0.05, 0.1) is 0 Å². The van der Waals surface area contributed by atoms with Crippen molar-refractivity contribution >= 4 is 40.6 Å². The Morgan fingerprint density at radius 3 is 1.78 bits per heavy atom. The van der Waals surface area contributed by atoms with Gasteiger partial charge in [-0.15, -0.1) is 0 Å². The number of amides is 2. The molecule has 0 saturated carbocycles. The lowest BCUT2D eigenvalue weighted by atomic mass is 10.4. The van der Waals surface area contributed by atoms with Gasteiger partial charge in [-0.3, -0.25) is 0 Å². The van der Waals surface area contributed by atoms with Gasteiger partial charge >= 0.3 is 6.03 Å². The molecular weight excluding hydrogens is 275 g/mol. The highest BCUT2D eigenvalue weighted by Crippen LogP contribution is 2.14. The number of hydrogen-bond acceptors (Lipinski definition) is 3. The monoisotopic (exact) mass is 282 g/mol. The first-order valence-electron chi connectivity index (χ1n) is 4.94. The van der Waals surface area contributed by atoms with E-state index in [9.17, 15) is 4.79 Å². The summed E-state index contributed by atoms with van der Waals surface area (Å²) in [7, 11) is 0. The lowest BCUT2D eigenvalue weighted by Gasteiger charge is -2.07. The van der Waals surface area contributed by atoms with Crippen molar-refractivity contribution in [2.75, 3.05) is 10.6 Å². The maximum absolute atomic E-state index is 11.7. The van der Waals surface area contributed by atoms with Crippen LogP contribution in [0.15, 0.2) is 36.7 Å². The third-order valence-electron chi connectivity index (χ3n) is 1.97. The molecule has 0 atom stereocenters. The molecule has 2 rings (SSSR count). The van der Waals surface area contributed by atoms with E-state index in [1.54, 1.807) is 24.3 Å². The standard InChI is InChI=1S/C11H8Cl2N4O/c12-9-5-7(1-3-14-9)16-11(18)17-8-2-4-15-10(13)6-8/h1-6H,(H2,14,15,16,17,18). The molecule has 18 heavy (non-hydrogen) atoms. The lowest BCUT2D eigenvalue weighted by molar-refractivity contribution is 0.262. The Morgan fingerprint density at radius 2 is 1.39 bits per heavy atom. The first-order chi connectivity index (χ1) is 8.63. The van der Waals surface area contributed by atoms with Crippen LogP contribution in [0.4, 0.5) is 16.2 Å². The lowest BCUT2D eigenvalue weighted by Crippen LogP contribution is -2.19. The zero-order valence-corrected chi connectivity index (χ0v) is 10.5. The summed E-state index contributed by atoms with van der Waals surface area (Å²) in [5.41, 5.74) is 1.10. The van der Waals surface area contributed by atoms with E-state index >= 15 is 0 Å². The number of pyridine rings is 2. The maximum Gasteiger partial charge on any atom is 0.323 e. The summed E-state index contributed by atoms with van der Waals surface area (Å²) in [6.45, 7) is 0. The number of nitrogens with zero attached hydrogens (tertiary/aromatic N) is 2. The van der Waals surface area contributed by atoms with Crippen LogP contribution in [0, 0.1) is 0 Å². The van der Waals surface area contributed by atoms with E-state index < -0.39 is 6.03 Å². The van der Waals surface area contributed by atoms with Gasteiger partial charge in [0.25, 0.3) is 0 Å². The highest BCUT2D eigenvalue weighted by Gasteiger charge is 2.03. The average Bonchev–Trinajstić information content (AvgIpc) is 2.28. The van der Waals surface area contributed by atoms with E-state index in [0.29, 0.717) is 21.7 Å². The average molecular weight is 283 g/mol. The highest BCUT2D eigenvalue weighted by molar-refractivity contribution is 6.30. The van der Waals surface area contributed by atoms with Gasteiger partial charge in [0.15, 0.2) is 0 Å². The molecule has 2 amide bonds. The fourth-order valence-corrected chi connectivity index (χ4v) is 1.60. The smallest absolute Gasteiger partial charge is 0.308 e. The van der Waals surface area contributed by atoms with E-state index in [0.717, 1.165) is 0 Å². The minimum Gasteiger partial charge on any atom is -0.308 e. The van der Waals surface area contributed by atoms with Gasteiger partial charge in [-0.05, 0) is 24.3 Å². The summed E-state index contributed by atoms with van der Waals surface area (Å²) in [5.74, 6) is 0. The molecule has 0 unspecified atom stereocenters. The van der Waals surface area contributed by atoms with Crippen LogP contribution in [-0.2, 0) is 0 Å². The molecule has 0 aliphatic rings. The van der Waals surface area contributed by atoms with Crippen molar-refractivity contribution in [2.45, 2.75) is 0 Å². The number of carbonyl (C=O) groups excluding carboxylic acids is 1. The van der Waals surface area contributed by atoms with Gasteiger partial charge < -0.3 is 10.6 Å². The first kappa shape index (κ1) is 12.6. The molecule has 0 radical (unpaired) electrons. The van der Waals surface area contributed by atoms with Gasteiger partial charge in [-0.25, -0.2) is 14.8 Å². The second-order valence-corrected chi connectivity index (χ2v) is 4.09. The summed E-state index contributed by atoms with van der Waals surface area (Å²) in [5, 5.41) is 5.84. The Bertz CT molecular complexity index is 527. The molecule has 2 heterocycles. The first-order valence-corrected chi connectivity index (χ1v) is 5.70. The van der Waals surface area contributed by atoms with Gasteiger partial charge in [0.2, 0.25) is 0 Å². The third-order valence-corrected chi connectivity index (χ3v) is 2.38. The van der Waals surface area contributed by atoms with Crippen LogP contribution >= 0.6 is 23.2 Å². The molecule has 2 N–H and O–H groups in total. The van der Waals surface area contributed by atoms with Crippen molar-refractivity contribution in [3.63, 3.8) is 0 Å². The van der Waals surface area contributed by atoms with Crippen molar-refractivity contribution in [3.05, 3.63) is 47.0 Å². The summed E-state index contributed by atoms with van der Waals surface area (Å²) in [6, 6.07) is 5.94. The van der Waals surface area contributed by atoms with Gasteiger partial charge in [-0.1, -0.05) is 23.2 Å². The molecule has 0 aromatic carbocycles. The van der Waals surface area contributed by atoms with Crippen LogP contribution < -0.4 is 10.6 Å². The van der Waals surface area contributed by atoms with Crippen molar-refractivity contribution < 1.29 is 4.79 Å². The van der Waals surface area contributed by atoms with Crippen LogP contribution in [0.2, 0.25) is 10.3 Å². The Labute approximate surface area is 113 Å². The fraction of sp³-hybridized carbons (Fsp3) is 0. The molecule has 0 bridgehead atoms. The van der Waals surface area contributed by atoms with E-state index in [1.165, 1.54) is 12.4 Å². The third kappa shape index (κ3) is 3.58. The molecule has 2 aromatic heterocycles. The predicted octanol–water partition coefficient (Wildman–Crippen LogP) is 3.43. The van der Waals surface area contributed by atoms with Crippen molar-refractivity contribution in [2.24, 2.45) is 0 Å². The zero-order valence-electron chi connectivity index (χ0n) is 9.02. The van der Waals surface area contributed by atoms with Gasteiger partial charge in [-0.2, -0.15) is 0 Å². The van der Waals surface area contributed by atoms with E-state index in [4.69, 9.17) is 23.2 Å². The minimum absolute atomic E-state index is 0.305. The second-order valence-electron chi connectivity index (χ2n) is 3.31. The van der Waals surface area contributed by atoms with Crippen molar-refractivity contribution in [1.82, 2.24) is 9.97 Å². The van der Waals surface area contributed by atoms with Crippen molar-refractivity contribution in [3.8, 4) is 0 Å².